The minimum Gasteiger partial charge on any atom is -0.391 e. The first-order valence-corrected chi connectivity index (χ1v) is 13.7. The zero-order valence-corrected chi connectivity index (χ0v) is 19.8. The number of nitrogens with zero attached hydrogens (tertiary/aromatic N) is 2. The van der Waals surface area contributed by atoms with Gasteiger partial charge in [0.1, 0.15) is 0 Å². The van der Waals surface area contributed by atoms with Crippen LogP contribution in [0.5, 0.6) is 0 Å². The van der Waals surface area contributed by atoms with Gasteiger partial charge in [0.25, 0.3) is 0 Å². The van der Waals surface area contributed by atoms with Crippen LogP contribution in [0.2, 0.25) is 0 Å². The summed E-state index contributed by atoms with van der Waals surface area (Å²) >= 11 is 1.24. The van der Waals surface area contributed by atoms with Crippen LogP contribution < -0.4 is 10.5 Å². The molecular weight excluding hydrogens is 488 g/mol. The van der Waals surface area contributed by atoms with E-state index in [1.54, 1.807) is 24.3 Å². The van der Waals surface area contributed by atoms with Crippen LogP contribution in [0.1, 0.15) is 4.88 Å². The molecule has 176 valence electrons. The van der Waals surface area contributed by atoms with Gasteiger partial charge in [0.05, 0.1) is 40.2 Å². The van der Waals surface area contributed by atoms with Crippen molar-refractivity contribution < 1.29 is 26.7 Å². The highest BCUT2D eigenvalue weighted by Crippen LogP contribution is 2.33. The number of aromatic nitrogens is 1. The van der Waals surface area contributed by atoms with Crippen molar-refractivity contribution in [1.29, 1.82) is 0 Å². The maximum absolute atomic E-state index is 12.8. The first-order chi connectivity index (χ1) is 15.7. The molecular formula is C20H22N4O6S3. The molecule has 1 fully saturated rings. The first kappa shape index (κ1) is 23.8. The highest BCUT2D eigenvalue weighted by atomic mass is 32.2. The van der Waals surface area contributed by atoms with Crippen LogP contribution in [-0.2, 0) is 31.4 Å². The van der Waals surface area contributed by atoms with E-state index in [1.807, 2.05) is 0 Å². The summed E-state index contributed by atoms with van der Waals surface area (Å²) in [7, 11) is -7.39. The van der Waals surface area contributed by atoms with Crippen molar-refractivity contribution in [2.75, 3.05) is 31.6 Å². The van der Waals surface area contributed by atoms with Crippen LogP contribution in [-0.4, -0.2) is 57.5 Å². The van der Waals surface area contributed by atoms with E-state index in [9.17, 15) is 21.9 Å². The lowest BCUT2D eigenvalue weighted by atomic mass is 10.1. The van der Waals surface area contributed by atoms with Gasteiger partial charge in [-0.25, -0.2) is 27.0 Å². The summed E-state index contributed by atoms with van der Waals surface area (Å²) in [6, 6.07) is 12.3. The summed E-state index contributed by atoms with van der Waals surface area (Å²) in [4.78, 5) is 5.31. The molecule has 1 aliphatic heterocycles. The summed E-state index contributed by atoms with van der Waals surface area (Å²) in [5.41, 5.74) is 1.79. The van der Waals surface area contributed by atoms with Crippen molar-refractivity contribution in [3.8, 4) is 11.3 Å². The van der Waals surface area contributed by atoms with Crippen molar-refractivity contribution >= 4 is 42.2 Å². The lowest BCUT2D eigenvalue weighted by molar-refractivity contribution is 0.0730. The SMILES string of the molecule is NS(=O)(=O)c1ccc(Nc2nc(-c3ccc(S(=O)(=O)N4CCOCC4)cc3)c(CO)s2)cc1. The minimum absolute atomic E-state index is 0.00366. The smallest absolute Gasteiger partial charge is 0.243 e. The second-order valence-corrected chi connectivity index (χ2v) is 11.8. The van der Waals surface area contributed by atoms with Gasteiger partial charge in [0, 0.05) is 24.3 Å². The van der Waals surface area contributed by atoms with Gasteiger partial charge in [-0.3, -0.25) is 0 Å². The van der Waals surface area contributed by atoms with Crippen molar-refractivity contribution in [3.05, 3.63) is 53.4 Å². The number of hydrogen-bond acceptors (Lipinski definition) is 9. The highest BCUT2D eigenvalue weighted by Gasteiger charge is 2.26. The molecule has 0 spiro atoms. The zero-order chi connectivity index (χ0) is 23.6. The molecule has 1 aromatic heterocycles. The molecule has 0 unspecified atom stereocenters. The van der Waals surface area contributed by atoms with E-state index in [-0.39, 0.29) is 16.4 Å². The average molecular weight is 511 g/mol. The van der Waals surface area contributed by atoms with Gasteiger partial charge in [-0.1, -0.05) is 23.5 Å². The second-order valence-electron chi connectivity index (χ2n) is 7.18. The van der Waals surface area contributed by atoms with Crippen molar-refractivity contribution in [2.45, 2.75) is 16.4 Å². The van der Waals surface area contributed by atoms with Crippen LogP contribution in [0.15, 0.2) is 58.3 Å². The van der Waals surface area contributed by atoms with Crippen molar-refractivity contribution in [1.82, 2.24) is 9.29 Å². The van der Waals surface area contributed by atoms with Crippen LogP contribution in [0.25, 0.3) is 11.3 Å². The standard InChI is InChI=1S/C20H22N4O6S3/c21-32(26,27)16-7-3-15(4-8-16)22-20-23-19(18(13-25)31-20)14-1-5-17(6-2-14)33(28,29)24-9-11-30-12-10-24/h1-8,25H,9-13H2,(H,22,23)(H2,21,26,27). The molecule has 0 aliphatic carbocycles. The van der Waals surface area contributed by atoms with Gasteiger partial charge in [-0.2, -0.15) is 4.31 Å². The topological polar surface area (TPSA) is 152 Å². The van der Waals surface area contributed by atoms with Crippen molar-refractivity contribution in [2.24, 2.45) is 5.14 Å². The fourth-order valence-corrected chi connectivity index (χ4v) is 6.10. The van der Waals surface area contributed by atoms with Crippen LogP contribution in [0.3, 0.4) is 0 Å². The molecule has 33 heavy (non-hydrogen) atoms. The molecule has 2 aromatic carbocycles. The van der Waals surface area contributed by atoms with Crippen LogP contribution in [0, 0.1) is 0 Å². The van der Waals surface area contributed by atoms with E-state index in [1.165, 1.54) is 39.9 Å². The Hall–Kier alpha value is -2.39. The molecule has 0 amide bonds. The largest absolute Gasteiger partial charge is 0.391 e. The average Bonchev–Trinajstić information content (AvgIpc) is 3.22. The Labute approximate surface area is 195 Å². The molecule has 4 rings (SSSR count). The first-order valence-electron chi connectivity index (χ1n) is 9.87. The predicted molar refractivity (Wildman–Crippen MR) is 124 cm³/mol. The lowest BCUT2D eigenvalue weighted by Gasteiger charge is -2.26. The summed E-state index contributed by atoms with van der Waals surface area (Å²) in [6.45, 7) is 1.13. The maximum Gasteiger partial charge on any atom is 0.243 e. The monoisotopic (exact) mass is 510 g/mol. The minimum atomic E-state index is -3.78. The number of hydrogen-bond donors (Lipinski definition) is 3. The molecule has 0 radical (unpaired) electrons. The molecule has 4 N–H and O–H groups in total. The Morgan fingerprint density at radius 3 is 2.18 bits per heavy atom. The summed E-state index contributed by atoms with van der Waals surface area (Å²) < 4.78 is 55.0. The van der Waals surface area contributed by atoms with E-state index in [0.29, 0.717) is 53.3 Å². The van der Waals surface area contributed by atoms with Gasteiger partial charge in [0.2, 0.25) is 20.0 Å². The van der Waals surface area contributed by atoms with Gasteiger partial charge in [0.15, 0.2) is 5.13 Å². The molecule has 1 saturated heterocycles. The lowest BCUT2D eigenvalue weighted by Crippen LogP contribution is -2.40. The second kappa shape index (κ2) is 9.46. The quantitative estimate of drug-likeness (QED) is 0.434. The Balaban J connectivity index is 1.56. The number of morpholine rings is 1. The summed E-state index contributed by atoms with van der Waals surface area (Å²) in [5, 5.41) is 18.5. The van der Waals surface area contributed by atoms with E-state index < -0.39 is 20.0 Å². The third kappa shape index (κ3) is 5.24. The number of aliphatic hydroxyl groups is 1. The van der Waals surface area contributed by atoms with Crippen LogP contribution >= 0.6 is 11.3 Å². The number of ether oxygens (including phenoxy) is 1. The Kier molecular flexibility index (Phi) is 6.81. The number of rotatable bonds is 7. The molecule has 2 heterocycles. The molecule has 0 saturated carbocycles. The predicted octanol–water partition coefficient (Wildman–Crippen LogP) is 1.71. The molecule has 0 atom stereocenters. The van der Waals surface area contributed by atoms with Gasteiger partial charge in [-0.15, -0.1) is 0 Å². The molecule has 3 aromatic rings. The van der Waals surface area contributed by atoms with E-state index in [2.05, 4.69) is 10.3 Å². The van der Waals surface area contributed by atoms with E-state index in [0.717, 1.165) is 0 Å². The number of sulfonamides is 2. The maximum atomic E-state index is 12.8. The molecule has 13 heteroatoms. The number of aliphatic hydroxyl groups excluding tert-OH is 1. The Bertz CT molecular complexity index is 1330. The number of anilines is 2. The molecule has 10 nitrogen and oxygen atoms in total. The fraction of sp³-hybridized carbons (Fsp3) is 0.250. The number of primary sulfonamides is 1. The molecule has 1 aliphatic rings. The number of nitrogens with two attached hydrogens (primary N) is 1. The van der Waals surface area contributed by atoms with E-state index in [4.69, 9.17) is 9.88 Å². The third-order valence-electron chi connectivity index (χ3n) is 5.01. The van der Waals surface area contributed by atoms with E-state index >= 15 is 0 Å². The number of benzene rings is 2. The van der Waals surface area contributed by atoms with Gasteiger partial charge < -0.3 is 15.2 Å². The zero-order valence-electron chi connectivity index (χ0n) is 17.3. The Morgan fingerprint density at radius 2 is 1.61 bits per heavy atom. The van der Waals surface area contributed by atoms with Crippen molar-refractivity contribution in [3.63, 3.8) is 0 Å². The number of thiazole rings is 1. The molecule has 0 bridgehead atoms. The fourth-order valence-electron chi connectivity index (χ4n) is 3.31. The van der Waals surface area contributed by atoms with Crippen LogP contribution in [0.4, 0.5) is 10.8 Å². The summed E-state index contributed by atoms with van der Waals surface area (Å²) in [5.74, 6) is 0. The van der Waals surface area contributed by atoms with Gasteiger partial charge in [-0.05, 0) is 36.4 Å². The number of nitrogens with one attached hydrogen (secondary N) is 1. The third-order valence-corrected chi connectivity index (χ3v) is 8.81. The normalized spacial score (nSPS) is 15.5. The Morgan fingerprint density at radius 1 is 1.00 bits per heavy atom. The van der Waals surface area contributed by atoms with Gasteiger partial charge >= 0.3 is 0 Å². The summed E-state index contributed by atoms with van der Waals surface area (Å²) in [6.07, 6.45) is 0. The highest BCUT2D eigenvalue weighted by molar-refractivity contribution is 7.89.